The van der Waals surface area contributed by atoms with Crippen molar-refractivity contribution in [2.75, 3.05) is 11.9 Å². The molecule has 1 aliphatic rings. The molecule has 1 saturated carbocycles. The first-order chi connectivity index (χ1) is 17.9. The largest absolute Gasteiger partial charge is 0.326 e. The molecular weight excluding hydrogens is 465 g/mol. The van der Waals surface area contributed by atoms with Gasteiger partial charge in [-0.3, -0.25) is 4.79 Å². The van der Waals surface area contributed by atoms with E-state index in [0.29, 0.717) is 23.9 Å². The number of nitrogens with two attached hydrogens (primary N) is 1. The number of benzene rings is 3. The maximum Gasteiger partial charge on any atom is 0.274 e. The lowest BCUT2D eigenvalue weighted by Gasteiger charge is -2.21. The molecule has 37 heavy (non-hydrogen) atoms. The molecule has 1 aliphatic carbocycles. The van der Waals surface area contributed by atoms with Crippen LogP contribution in [0.5, 0.6) is 0 Å². The van der Waals surface area contributed by atoms with Crippen molar-refractivity contribution in [2.24, 2.45) is 11.7 Å². The summed E-state index contributed by atoms with van der Waals surface area (Å²) in [5.74, 6) is -0.240. The number of rotatable bonds is 9. The Bertz CT molecular complexity index is 1430. The highest BCUT2D eigenvalue weighted by Gasteiger charge is 2.24. The van der Waals surface area contributed by atoms with E-state index in [1.165, 1.54) is 18.9 Å². The lowest BCUT2D eigenvalue weighted by Crippen LogP contribution is -2.25. The molecule has 5 rings (SSSR count). The number of hydrogen-bond acceptors (Lipinski definition) is 4. The van der Waals surface area contributed by atoms with Crippen molar-refractivity contribution in [2.45, 2.75) is 39.3 Å². The number of aromatic nitrogens is 2. The smallest absolute Gasteiger partial charge is 0.274 e. The first kappa shape index (κ1) is 24.9. The van der Waals surface area contributed by atoms with Gasteiger partial charge in [0.05, 0.1) is 23.1 Å². The van der Waals surface area contributed by atoms with Gasteiger partial charge in [0.2, 0.25) is 0 Å². The van der Waals surface area contributed by atoms with Crippen LogP contribution in [-0.4, -0.2) is 22.2 Å². The summed E-state index contributed by atoms with van der Waals surface area (Å²) in [4.78, 5) is 13.4. The molecule has 0 bridgehead atoms. The van der Waals surface area contributed by atoms with Gasteiger partial charge in [0.1, 0.15) is 11.5 Å². The Labute approximate surface area is 216 Å². The summed E-state index contributed by atoms with van der Waals surface area (Å²) in [6.07, 6.45) is 2.47. The average molecular weight is 498 g/mol. The van der Waals surface area contributed by atoms with E-state index in [9.17, 15) is 9.18 Å². The van der Waals surface area contributed by atoms with Gasteiger partial charge in [-0.25, -0.2) is 9.07 Å². The van der Waals surface area contributed by atoms with Crippen LogP contribution >= 0.6 is 0 Å². The van der Waals surface area contributed by atoms with Gasteiger partial charge in [-0.15, -0.1) is 0 Å². The number of anilines is 1. The zero-order valence-electron chi connectivity index (χ0n) is 21.2. The Hall–Kier alpha value is -3.81. The standard InChI is InChI=1S/C30H32FN5O/c1-19-5-3-7-23(13-19)29(33-18-21-9-10-21)24-11-12-26(31)27(16-24)34-30(37)28-14-20(2)35-36(28)25-8-4-6-22(15-25)17-32/h3-8,11-16,21,29,33H,9-10,17-18,32H2,1-2H3,(H,34,37). The van der Waals surface area contributed by atoms with Crippen LogP contribution in [0.15, 0.2) is 72.8 Å². The van der Waals surface area contributed by atoms with Gasteiger partial charge >= 0.3 is 0 Å². The van der Waals surface area contributed by atoms with Crippen molar-refractivity contribution in [3.63, 3.8) is 0 Å². The van der Waals surface area contributed by atoms with Crippen molar-refractivity contribution >= 4 is 11.6 Å². The average Bonchev–Trinajstić information content (AvgIpc) is 3.64. The highest BCUT2D eigenvalue weighted by atomic mass is 19.1. The molecule has 1 fully saturated rings. The molecule has 190 valence electrons. The summed E-state index contributed by atoms with van der Waals surface area (Å²) in [6.45, 7) is 5.16. The van der Waals surface area contributed by atoms with E-state index in [4.69, 9.17) is 5.73 Å². The fourth-order valence-electron chi connectivity index (χ4n) is 4.56. The number of carbonyl (C=O) groups excluding carboxylic acids is 1. The molecule has 1 atom stereocenters. The molecule has 0 aliphatic heterocycles. The lowest BCUT2D eigenvalue weighted by atomic mass is 9.96. The second-order valence-electron chi connectivity index (χ2n) is 9.85. The zero-order chi connectivity index (χ0) is 25.9. The van der Waals surface area contributed by atoms with Crippen molar-refractivity contribution < 1.29 is 9.18 Å². The Morgan fingerprint density at radius 2 is 1.84 bits per heavy atom. The summed E-state index contributed by atoms with van der Waals surface area (Å²) in [5, 5.41) is 10.9. The van der Waals surface area contributed by atoms with Gasteiger partial charge in [-0.05, 0) is 86.2 Å². The van der Waals surface area contributed by atoms with Gasteiger partial charge in [-0.1, -0.05) is 48.0 Å². The predicted molar refractivity (Wildman–Crippen MR) is 144 cm³/mol. The molecule has 7 heteroatoms. The van der Waals surface area contributed by atoms with E-state index >= 15 is 0 Å². The first-order valence-electron chi connectivity index (χ1n) is 12.7. The molecule has 4 N–H and O–H groups in total. The first-order valence-corrected chi connectivity index (χ1v) is 12.7. The molecule has 0 saturated heterocycles. The quantitative estimate of drug-likeness (QED) is 0.288. The van der Waals surface area contributed by atoms with E-state index in [-0.39, 0.29) is 11.7 Å². The minimum atomic E-state index is -0.491. The number of carbonyl (C=O) groups is 1. The monoisotopic (exact) mass is 497 g/mol. The highest BCUT2D eigenvalue weighted by Crippen LogP contribution is 2.31. The molecule has 4 aromatic rings. The van der Waals surface area contributed by atoms with E-state index in [2.05, 4.69) is 40.9 Å². The normalized spacial score (nSPS) is 13.9. The van der Waals surface area contributed by atoms with E-state index in [0.717, 1.165) is 34.5 Å². The molecule has 0 radical (unpaired) electrons. The molecular formula is C30H32FN5O. The number of halogens is 1. The fraction of sp³-hybridized carbons (Fsp3) is 0.267. The SMILES string of the molecule is Cc1cccc(C(NCC2CC2)c2ccc(F)c(NC(=O)c3cc(C)nn3-c3cccc(CN)c3)c2)c1. The Kier molecular flexibility index (Phi) is 7.17. The Balaban J connectivity index is 1.44. The maximum atomic E-state index is 15.0. The van der Waals surface area contributed by atoms with Crippen LogP contribution in [0, 0.1) is 25.6 Å². The van der Waals surface area contributed by atoms with Crippen molar-refractivity contribution in [3.05, 3.63) is 112 Å². The molecule has 3 aromatic carbocycles. The topological polar surface area (TPSA) is 85.0 Å². The second-order valence-corrected chi connectivity index (χ2v) is 9.85. The summed E-state index contributed by atoms with van der Waals surface area (Å²) < 4.78 is 16.5. The van der Waals surface area contributed by atoms with E-state index in [1.807, 2.05) is 37.3 Å². The van der Waals surface area contributed by atoms with Crippen molar-refractivity contribution in [1.29, 1.82) is 0 Å². The molecule has 6 nitrogen and oxygen atoms in total. The summed E-state index contributed by atoms with van der Waals surface area (Å²) in [5.41, 5.74) is 11.7. The summed E-state index contributed by atoms with van der Waals surface area (Å²) >= 11 is 0. The number of nitrogens with zero attached hydrogens (tertiary/aromatic N) is 2. The molecule has 1 aromatic heterocycles. The molecule has 1 unspecified atom stereocenters. The number of nitrogens with one attached hydrogen (secondary N) is 2. The number of aryl methyl sites for hydroxylation is 2. The fourth-order valence-corrected chi connectivity index (χ4v) is 4.56. The molecule has 0 spiro atoms. The van der Waals surface area contributed by atoms with Crippen molar-refractivity contribution in [1.82, 2.24) is 15.1 Å². The third-order valence-corrected chi connectivity index (χ3v) is 6.71. The number of hydrogen-bond donors (Lipinski definition) is 3. The van der Waals surface area contributed by atoms with Crippen LogP contribution < -0.4 is 16.4 Å². The Morgan fingerprint density at radius 3 is 2.59 bits per heavy atom. The van der Waals surface area contributed by atoms with Gasteiger partial charge in [0.15, 0.2) is 0 Å². The van der Waals surface area contributed by atoms with Crippen molar-refractivity contribution in [3.8, 4) is 5.69 Å². The second kappa shape index (κ2) is 10.7. The van der Waals surface area contributed by atoms with Crippen LogP contribution in [-0.2, 0) is 6.54 Å². The van der Waals surface area contributed by atoms with Crippen LogP contribution in [0.25, 0.3) is 5.69 Å². The highest BCUT2D eigenvalue weighted by molar-refractivity contribution is 6.03. The molecule has 1 heterocycles. The van der Waals surface area contributed by atoms with Gasteiger partial charge in [0.25, 0.3) is 5.91 Å². The lowest BCUT2D eigenvalue weighted by molar-refractivity contribution is 0.101. The Morgan fingerprint density at radius 1 is 1.05 bits per heavy atom. The van der Waals surface area contributed by atoms with Crippen LogP contribution in [0.4, 0.5) is 10.1 Å². The van der Waals surface area contributed by atoms with Gasteiger partial charge < -0.3 is 16.4 Å². The number of amides is 1. The zero-order valence-corrected chi connectivity index (χ0v) is 21.2. The van der Waals surface area contributed by atoms with Gasteiger partial charge in [-0.2, -0.15) is 5.10 Å². The predicted octanol–water partition coefficient (Wildman–Crippen LogP) is 5.43. The third kappa shape index (κ3) is 5.79. The van der Waals surface area contributed by atoms with Crippen LogP contribution in [0.1, 0.15) is 57.3 Å². The van der Waals surface area contributed by atoms with Crippen LogP contribution in [0.3, 0.4) is 0 Å². The minimum Gasteiger partial charge on any atom is -0.326 e. The summed E-state index contributed by atoms with van der Waals surface area (Å²) in [7, 11) is 0. The van der Waals surface area contributed by atoms with E-state index < -0.39 is 11.7 Å². The maximum absolute atomic E-state index is 15.0. The van der Waals surface area contributed by atoms with Gasteiger partial charge in [0, 0.05) is 6.54 Å². The van der Waals surface area contributed by atoms with E-state index in [1.54, 1.807) is 22.9 Å². The molecule has 1 amide bonds. The third-order valence-electron chi connectivity index (χ3n) is 6.71. The summed E-state index contributed by atoms with van der Waals surface area (Å²) in [6, 6.07) is 22.4. The minimum absolute atomic E-state index is 0.108. The van der Waals surface area contributed by atoms with Crippen LogP contribution in [0.2, 0.25) is 0 Å².